The zero-order valence-corrected chi connectivity index (χ0v) is 14.1. The monoisotopic (exact) mass is 303 g/mol. The number of rotatable bonds is 7. The van der Waals surface area contributed by atoms with Gasteiger partial charge in [-0.3, -0.25) is 4.79 Å². The molecule has 1 amide bonds. The molecule has 1 heterocycles. The van der Waals surface area contributed by atoms with Gasteiger partial charge in [0.15, 0.2) is 0 Å². The largest absolute Gasteiger partial charge is 0.338 e. The van der Waals surface area contributed by atoms with Crippen LogP contribution in [0.1, 0.15) is 55.3 Å². The van der Waals surface area contributed by atoms with E-state index in [1.54, 1.807) is 11.3 Å². The molecule has 0 saturated carbocycles. The van der Waals surface area contributed by atoms with E-state index in [1.807, 2.05) is 4.90 Å². The number of carbonyl (C=O) groups excluding carboxylic acids is 1. The summed E-state index contributed by atoms with van der Waals surface area (Å²) in [7, 11) is 0. The van der Waals surface area contributed by atoms with Gasteiger partial charge in [0.25, 0.3) is 5.91 Å². The van der Waals surface area contributed by atoms with Crippen molar-refractivity contribution in [1.82, 2.24) is 4.90 Å². The first kappa shape index (κ1) is 16.0. The maximum absolute atomic E-state index is 12.9. The van der Waals surface area contributed by atoms with Gasteiger partial charge in [-0.2, -0.15) is 0 Å². The summed E-state index contributed by atoms with van der Waals surface area (Å²) in [6, 6.07) is 8.40. The molecule has 0 N–H and O–H groups in total. The Bertz CT molecular complexity index is 596. The standard InChI is InChI=1S/C18H25NOS/c1-4-9-15-14-10-7-8-11-16(14)21-17(15)18(20)19(12-5-2)13-6-3/h7-8,10-11H,4-6,9,12-13H2,1-3H3. The van der Waals surface area contributed by atoms with E-state index in [9.17, 15) is 4.79 Å². The maximum Gasteiger partial charge on any atom is 0.264 e. The highest BCUT2D eigenvalue weighted by molar-refractivity contribution is 7.21. The lowest BCUT2D eigenvalue weighted by Gasteiger charge is -2.21. The topological polar surface area (TPSA) is 20.3 Å². The number of fused-ring (bicyclic) bond motifs is 1. The minimum absolute atomic E-state index is 0.225. The highest BCUT2D eigenvalue weighted by atomic mass is 32.1. The van der Waals surface area contributed by atoms with E-state index in [2.05, 4.69) is 45.0 Å². The first-order chi connectivity index (χ1) is 10.2. The number of thiophene rings is 1. The SMILES string of the molecule is CCCc1c(C(=O)N(CCC)CCC)sc2ccccc12. The number of hydrogen-bond donors (Lipinski definition) is 0. The van der Waals surface area contributed by atoms with Gasteiger partial charge in [0.2, 0.25) is 0 Å². The Balaban J connectivity index is 2.43. The molecule has 2 rings (SSSR count). The fraction of sp³-hybridized carbons (Fsp3) is 0.500. The third-order valence-corrected chi connectivity index (χ3v) is 4.87. The molecule has 0 radical (unpaired) electrons. The van der Waals surface area contributed by atoms with Crippen LogP contribution in [-0.4, -0.2) is 23.9 Å². The Kier molecular flexibility index (Phi) is 5.80. The first-order valence-corrected chi connectivity index (χ1v) is 8.84. The van der Waals surface area contributed by atoms with Crippen LogP contribution in [0.4, 0.5) is 0 Å². The van der Waals surface area contributed by atoms with Crippen LogP contribution in [0.25, 0.3) is 10.1 Å². The Morgan fingerprint density at radius 3 is 2.33 bits per heavy atom. The van der Waals surface area contributed by atoms with E-state index >= 15 is 0 Å². The molecule has 0 aliphatic rings. The van der Waals surface area contributed by atoms with Crippen molar-refractivity contribution in [3.8, 4) is 0 Å². The lowest BCUT2D eigenvalue weighted by molar-refractivity contribution is 0.0759. The van der Waals surface area contributed by atoms with Crippen LogP contribution < -0.4 is 0 Å². The average molecular weight is 303 g/mol. The Hall–Kier alpha value is -1.35. The second kappa shape index (κ2) is 7.60. The molecule has 2 aromatic rings. The predicted octanol–water partition coefficient (Wildman–Crippen LogP) is 5.12. The van der Waals surface area contributed by atoms with Crippen LogP contribution >= 0.6 is 11.3 Å². The number of amides is 1. The molecular formula is C18H25NOS. The normalized spacial score (nSPS) is 11.0. The molecule has 0 bridgehead atoms. The van der Waals surface area contributed by atoms with Gasteiger partial charge in [-0.15, -0.1) is 11.3 Å². The second-order valence-corrected chi connectivity index (χ2v) is 6.50. The van der Waals surface area contributed by atoms with Crippen LogP contribution in [0.3, 0.4) is 0 Å². The lowest BCUT2D eigenvalue weighted by atomic mass is 10.1. The van der Waals surface area contributed by atoms with Crippen molar-refractivity contribution in [2.45, 2.75) is 46.5 Å². The Morgan fingerprint density at radius 1 is 1.05 bits per heavy atom. The molecule has 1 aromatic carbocycles. The van der Waals surface area contributed by atoms with Crippen molar-refractivity contribution in [1.29, 1.82) is 0 Å². The highest BCUT2D eigenvalue weighted by Crippen LogP contribution is 2.33. The van der Waals surface area contributed by atoms with Crippen molar-refractivity contribution in [2.24, 2.45) is 0 Å². The summed E-state index contributed by atoms with van der Waals surface area (Å²) in [6.45, 7) is 8.15. The van der Waals surface area contributed by atoms with Gasteiger partial charge in [-0.25, -0.2) is 0 Å². The van der Waals surface area contributed by atoms with Crippen LogP contribution in [0.15, 0.2) is 24.3 Å². The minimum Gasteiger partial charge on any atom is -0.338 e. The second-order valence-electron chi connectivity index (χ2n) is 5.45. The van der Waals surface area contributed by atoms with E-state index in [0.29, 0.717) is 0 Å². The predicted molar refractivity (Wildman–Crippen MR) is 92.3 cm³/mol. The molecule has 21 heavy (non-hydrogen) atoms. The van der Waals surface area contributed by atoms with Crippen molar-refractivity contribution >= 4 is 27.3 Å². The number of benzene rings is 1. The fourth-order valence-electron chi connectivity index (χ4n) is 2.77. The van der Waals surface area contributed by atoms with Crippen LogP contribution in [0.5, 0.6) is 0 Å². The molecule has 3 heteroatoms. The Morgan fingerprint density at radius 2 is 1.71 bits per heavy atom. The maximum atomic E-state index is 12.9. The van der Waals surface area contributed by atoms with Gasteiger partial charge in [-0.05, 0) is 36.3 Å². The van der Waals surface area contributed by atoms with E-state index in [0.717, 1.165) is 43.6 Å². The smallest absolute Gasteiger partial charge is 0.264 e. The van der Waals surface area contributed by atoms with Gasteiger partial charge < -0.3 is 4.90 Å². The zero-order chi connectivity index (χ0) is 15.2. The van der Waals surface area contributed by atoms with E-state index < -0.39 is 0 Å². The molecule has 0 aliphatic heterocycles. The van der Waals surface area contributed by atoms with E-state index in [-0.39, 0.29) is 5.91 Å². The Labute approximate surface area is 131 Å². The summed E-state index contributed by atoms with van der Waals surface area (Å²) in [4.78, 5) is 15.9. The molecule has 0 atom stereocenters. The van der Waals surface area contributed by atoms with Crippen LogP contribution in [-0.2, 0) is 6.42 Å². The van der Waals surface area contributed by atoms with E-state index in [4.69, 9.17) is 0 Å². The quantitative estimate of drug-likeness (QED) is 0.695. The number of hydrogen-bond acceptors (Lipinski definition) is 2. The number of carbonyl (C=O) groups is 1. The third kappa shape index (κ3) is 3.46. The fourth-order valence-corrected chi connectivity index (χ4v) is 3.99. The molecule has 0 aliphatic carbocycles. The first-order valence-electron chi connectivity index (χ1n) is 8.02. The zero-order valence-electron chi connectivity index (χ0n) is 13.3. The minimum atomic E-state index is 0.225. The van der Waals surface area contributed by atoms with Crippen molar-refractivity contribution in [3.05, 3.63) is 34.7 Å². The number of aryl methyl sites for hydroxylation is 1. The van der Waals surface area contributed by atoms with Crippen LogP contribution in [0, 0.1) is 0 Å². The highest BCUT2D eigenvalue weighted by Gasteiger charge is 2.21. The third-order valence-electron chi connectivity index (χ3n) is 3.67. The summed E-state index contributed by atoms with van der Waals surface area (Å²) in [5.41, 5.74) is 1.25. The summed E-state index contributed by atoms with van der Waals surface area (Å²) < 4.78 is 1.23. The lowest BCUT2D eigenvalue weighted by Crippen LogP contribution is -2.32. The molecule has 0 unspecified atom stereocenters. The number of nitrogens with zero attached hydrogens (tertiary/aromatic N) is 1. The van der Waals surface area contributed by atoms with Gasteiger partial charge in [0.1, 0.15) is 0 Å². The molecule has 1 aromatic heterocycles. The van der Waals surface area contributed by atoms with Crippen LogP contribution in [0.2, 0.25) is 0 Å². The molecule has 0 saturated heterocycles. The molecule has 2 nitrogen and oxygen atoms in total. The average Bonchev–Trinajstić information content (AvgIpc) is 2.86. The molecule has 0 fully saturated rings. The van der Waals surface area contributed by atoms with E-state index in [1.165, 1.54) is 15.6 Å². The van der Waals surface area contributed by atoms with Crippen molar-refractivity contribution < 1.29 is 4.79 Å². The summed E-state index contributed by atoms with van der Waals surface area (Å²) >= 11 is 1.66. The van der Waals surface area contributed by atoms with Gasteiger partial charge in [-0.1, -0.05) is 45.4 Å². The van der Waals surface area contributed by atoms with Crippen molar-refractivity contribution in [2.75, 3.05) is 13.1 Å². The van der Waals surface area contributed by atoms with Gasteiger partial charge >= 0.3 is 0 Å². The molecule has 0 spiro atoms. The molecule has 114 valence electrons. The van der Waals surface area contributed by atoms with Gasteiger partial charge in [0.05, 0.1) is 4.88 Å². The molecular weight excluding hydrogens is 278 g/mol. The van der Waals surface area contributed by atoms with Crippen molar-refractivity contribution in [3.63, 3.8) is 0 Å². The van der Waals surface area contributed by atoms with Gasteiger partial charge in [0, 0.05) is 17.8 Å². The summed E-state index contributed by atoms with van der Waals surface area (Å²) in [5.74, 6) is 0.225. The summed E-state index contributed by atoms with van der Waals surface area (Å²) in [5, 5.41) is 1.26. The summed E-state index contributed by atoms with van der Waals surface area (Å²) in [6.07, 6.45) is 4.08.